The Labute approximate surface area is 233 Å². The van der Waals surface area contributed by atoms with E-state index in [1.54, 1.807) is 0 Å². The van der Waals surface area contributed by atoms with Crippen LogP contribution in [0.15, 0.2) is 42.5 Å². The third-order valence-corrected chi connectivity index (χ3v) is 11.1. The highest BCUT2D eigenvalue weighted by Crippen LogP contribution is 2.46. The van der Waals surface area contributed by atoms with Crippen molar-refractivity contribution in [2.45, 2.75) is 141 Å². The van der Waals surface area contributed by atoms with Crippen LogP contribution in [-0.2, 0) is 6.42 Å². The second-order valence-corrected chi connectivity index (χ2v) is 13.3. The van der Waals surface area contributed by atoms with Crippen LogP contribution in [-0.4, -0.2) is 0 Å². The van der Waals surface area contributed by atoms with Gasteiger partial charge in [0.15, 0.2) is 0 Å². The van der Waals surface area contributed by atoms with Crippen LogP contribution in [0.2, 0.25) is 0 Å². The first-order valence-electron chi connectivity index (χ1n) is 16.5. The molecular formula is C37H53F. The molecule has 0 N–H and O–H groups in total. The van der Waals surface area contributed by atoms with Gasteiger partial charge >= 0.3 is 0 Å². The molecule has 3 aliphatic rings. The molecule has 0 aromatic heterocycles. The molecule has 0 aliphatic heterocycles. The first kappa shape index (κ1) is 27.9. The minimum atomic E-state index is 0.0711. The minimum absolute atomic E-state index is 0.0711. The average Bonchev–Trinajstić information content (AvgIpc) is 2.98. The molecule has 5 rings (SSSR count). The van der Waals surface area contributed by atoms with Crippen molar-refractivity contribution in [3.05, 3.63) is 70.5 Å². The Bertz CT molecular complexity index is 966. The van der Waals surface area contributed by atoms with Crippen LogP contribution in [0.4, 0.5) is 4.39 Å². The fourth-order valence-corrected chi connectivity index (χ4v) is 8.45. The van der Waals surface area contributed by atoms with Gasteiger partial charge in [-0.2, -0.15) is 0 Å². The normalized spacial score (nSPS) is 30.3. The molecule has 0 amide bonds. The van der Waals surface area contributed by atoms with E-state index in [-0.39, 0.29) is 5.82 Å². The molecule has 2 aromatic carbocycles. The Hall–Kier alpha value is -1.63. The zero-order valence-corrected chi connectivity index (χ0v) is 24.4. The fraction of sp³-hybridized carbons (Fsp3) is 0.676. The molecule has 0 bridgehead atoms. The van der Waals surface area contributed by atoms with Crippen molar-refractivity contribution in [3.8, 4) is 0 Å². The van der Waals surface area contributed by atoms with Gasteiger partial charge in [-0.15, -0.1) is 0 Å². The topological polar surface area (TPSA) is 0 Å². The van der Waals surface area contributed by atoms with E-state index in [2.05, 4.69) is 50.2 Å². The molecule has 3 saturated carbocycles. The van der Waals surface area contributed by atoms with Crippen molar-refractivity contribution in [3.63, 3.8) is 0 Å². The van der Waals surface area contributed by atoms with E-state index in [1.165, 1.54) is 107 Å². The predicted molar refractivity (Wildman–Crippen MR) is 160 cm³/mol. The molecule has 1 heteroatoms. The summed E-state index contributed by atoms with van der Waals surface area (Å²) < 4.78 is 15.4. The zero-order chi connectivity index (χ0) is 26.3. The van der Waals surface area contributed by atoms with Crippen LogP contribution in [0.1, 0.15) is 157 Å². The summed E-state index contributed by atoms with van der Waals surface area (Å²) in [6.07, 6.45) is 22.5. The van der Waals surface area contributed by atoms with Crippen molar-refractivity contribution in [1.29, 1.82) is 0 Å². The Morgan fingerprint density at radius 2 is 1.16 bits per heavy atom. The van der Waals surface area contributed by atoms with Gasteiger partial charge in [0.25, 0.3) is 0 Å². The van der Waals surface area contributed by atoms with Crippen molar-refractivity contribution >= 4 is 0 Å². The Morgan fingerprint density at radius 3 is 1.76 bits per heavy atom. The number of hydrogen-bond acceptors (Lipinski definition) is 0. The number of unbranched alkanes of at least 4 members (excludes halogenated alkanes) is 2. The summed E-state index contributed by atoms with van der Waals surface area (Å²) in [6, 6.07) is 15.6. The van der Waals surface area contributed by atoms with E-state index in [9.17, 15) is 0 Å². The lowest BCUT2D eigenvalue weighted by Crippen LogP contribution is -2.25. The zero-order valence-electron chi connectivity index (χ0n) is 24.4. The molecular weight excluding hydrogens is 463 g/mol. The molecule has 38 heavy (non-hydrogen) atoms. The van der Waals surface area contributed by atoms with E-state index in [0.717, 1.165) is 42.6 Å². The summed E-state index contributed by atoms with van der Waals surface area (Å²) in [5.41, 5.74) is 5.15. The van der Waals surface area contributed by atoms with Crippen LogP contribution in [0.3, 0.4) is 0 Å². The summed E-state index contributed by atoms with van der Waals surface area (Å²) in [5.74, 6) is 4.59. The first-order chi connectivity index (χ1) is 18.6. The maximum absolute atomic E-state index is 15.4. The molecule has 0 heterocycles. The number of benzene rings is 2. The van der Waals surface area contributed by atoms with Gasteiger partial charge in [-0.25, -0.2) is 4.39 Å². The van der Waals surface area contributed by atoms with Gasteiger partial charge in [-0.1, -0.05) is 88.8 Å². The van der Waals surface area contributed by atoms with Gasteiger partial charge in [-0.05, 0) is 134 Å². The Morgan fingerprint density at radius 1 is 0.605 bits per heavy atom. The van der Waals surface area contributed by atoms with E-state index >= 15 is 4.39 Å². The fourth-order valence-electron chi connectivity index (χ4n) is 8.45. The largest absolute Gasteiger partial charge is 0.207 e. The molecule has 0 saturated heterocycles. The number of halogens is 1. The molecule has 0 spiro atoms. The van der Waals surface area contributed by atoms with Crippen molar-refractivity contribution < 1.29 is 4.39 Å². The quantitative estimate of drug-likeness (QED) is 0.291. The van der Waals surface area contributed by atoms with Gasteiger partial charge in [0.05, 0.1) is 0 Å². The summed E-state index contributed by atoms with van der Waals surface area (Å²) >= 11 is 0. The molecule has 208 valence electrons. The monoisotopic (exact) mass is 516 g/mol. The van der Waals surface area contributed by atoms with Crippen LogP contribution < -0.4 is 0 Å². The van der Waals surface area contributed by atoms with E-state index < -0.39 is 0 Å². The van der Waals surface area contributed by atoms with Crippen molar-refractivity contribution in [2.75, 3.05) is 0 Å². The molecule has 0 nitrogen and oxygen atoms in total. The van der Waals surface area contributed by atoms with Gasteiger partial charge < -0.3 is 0 Å². The molecule has 0 atom stereocenters. The van der Waals surface area contributed by atoms with Crippen LogP contribution >= 0.6 is 0 Å². The van der Waals surface area contributed by atoms with Gasteiger partial charge in [0, 0.05) is 0 Å². The Balaban J connectivity index is 1.08. The first-order valence-corrected chi connectivity index (χ1v) is 16.5. The Kier molecular flexibility index (Phi) is 10.0. The van der Waals surface area contributed by atoms with E-state index in [4.69, 9.17) is 0 Å². The number of aryl methyl sites for hydroxylation is 1. The second-order valence-electron chi connectivity index (χ2n) is 13.3. The number of rotatable bonds is 9. The molecule has 0 unspecified atom stereocenters. The third kappa shape index (κ3) is 6.92. The minimum Gasteiger partial charge on any atom is -0.207 e. The highest BCUT2D eigenvalue weighted by atomic mass is 19.1. The summed E-state index contributed by atoms with van der Waals surface area (Å²) in [7, 11) is 0. The summed E-state index contributed by atoms with van der Waals surface area (Å²) in [4.78, 5) is 0. The SMILES string of the molecule is CCCCCC1CCC(C2CCC(c3ccc(C4CCC(c5ccc(CC)cc5)CC4)c(F)c3)CC2)CC1. The van der Waals surface area contributed by atoms with Crippen LogP contribution in [0.5, 0.6) is 0 Å². The second kappa shape index (κ2) is 13.6. The summed E-state index contributed by atoms with van der Waals surface area (Å²) in [6.45, 7) is 4.53. The average molecular weight is 517 g/mol. The van der Waals surface area contributed by atoms with Gasteiger partial charge in [0.1, 0.15) is 5.82 Å². The van der Waals surface area contributed by atoms with Gasteiger partial charge in [-0.3, -0.25) is 0 Å². The third-order valence-electron chi connectivity index (χ3n) is 11.1. The van der Waals surface area contributed by atoms with Crippen LogP contribution in [0, 0.1) is 23.6 Å². The van der Waals surface area contributed by atoms with E-state index in [0.29, 0.717) is 17.8 Å². The lowest BCUT2D eigenvalue weighted by atomic mass is 9.68. The number of hydrogen-bond donors (Lipinski definition) is 0. The maximum Gasteiger partial charge on any atom is 0.126 e. The smallest absolute Gasteiger partial charge is 0.126 e. The molecule has 3 aliphatic carbocycles. The highest BCUT2D eigenvalue weighted by molar-refractivity contribution is 5.31. The maximum atomic E-state index is 15.4. The van der Waals surface area contributed by atoms with Gasteiger partial charge in [0.2, 0.25) is 0 Å². The van der Waals surface area contributed by atoms with E-state index in [1.807, 2.05) is 6.07 Å². The lowest BCUT2D eigenvalue weighted by Gasteiger charge is -2.38. The molecule has 2 aromatic rings. The van der Waals surface area contributed by atoms with Crippen molar-refractivity contribution in [1.82, 2.24) is 0 Å². The summed E-state index contributed by atoms with van der Waals surface area (Å²) in [5, 5.41) is 0. The molecule has 3 fully saturated rings. The lowest BCUT2D eigenvalue weighted by molar-refractivity contribution is 0.155. The van der Waals surface area contributed by atoms with Crippen LogP contribution in [0.25, 0.3) is 0 Å². The van der Waals surface area contributed by atoms with Crippen molar-refractivity contribution in [2.24, 2.45) is 17.8 Å². The molecule has 0 radical (unpaired) electrons. The predicted octanol–water partition coefficient (Wildman–Crippen LogP) is 11.5. The highest BCUT2D eigenvalue weighted by Gasteiger charge is 2.32. The standard InChI is InChI=1S/C37H53F/c1-3-5-6-7-28-10-14-30(15-11-28)31-16-18-33(19-17-31)35-24-25-36(37(38)26-35)34-22-20-32(21-23-34)29-12-8-27(4-2)9-13-29/h8-9,12-13,24-26,28,30-34H,3-7,10-11,14-23H2,1-2H3.